The van der Waals surface area contributed by atoms with Crippen LogP contribution in [0.5, 0.6) is 0 Å². The molecule has 1 fully saturated rings. The summed E-state index contributed by atoms with van der Waals surface area (Å²) in [7, 11) is 0. The zero-order valence-corrected chi connectivity index (χ0v) is 15.6. The first-order chi connectivity index (χ1) is 13.3. The maximum Gasteiger partial charge on any atom is 0.416 e. The fourth-order valence-electron chi connectivity index (χ4n) is 3.32. The smallest absolute Gasteiger partial charge is 0.356 e. The van der Waals surface area contributed by atoms with Gasteiger partial charge >= 0.3 is 6.18 Å². The summed E-state index contributed by atoms with van der Waals surface area (Å²) in [5.74, 6) is 1.33. The lowest BCUT2D eigenvalue weighted by atomic mass is 9.93. The van der Waals surface area contributed by atoms with E-state index in [2.05, 4.69) is 20.4 Å². The Balaban J connectivity index is 1.49. The van der Waals surface area contributed by atoms with Crippen LogP contribution in [0.15, 0.2) is 28.8 Å². The van der Waals surface area contributed by atoms with Gasteiger partial charge in [0.05, 0.1) is 12.1 Å². The second-order valence-corrected chi connectivity index (χ2v) is 7.08. The molecular formula is C19H23F3N4O2. The molecule has 9 heteroatoms. The van der Waals surface area contributed by atoms with E-state index in [1.807, 2.05) is 0 Å². The van der Waals surface area contributed by atoms with E-state index in [0.29, 0.717) is 30.5 Å². The molecule has 6 nitrogen and oxygen atoms in total. The third-order valence-corrected chi connectivity index (χ3v) is 4.93. The number of carbonyl (C=O) groups is 1. The second-order valence-electron chi connectivity index (χ2n) is 7.08. The Labute approximate surface area is 161 Å². The quantitative estimate of drug-likeness (QED) is 0.809. The third kappa shape index (κ3) is 5.54. The maximum absolute atomic E-state index is 12.6. The molecule has 2 aromatic rings. The number of rotatable bonds is 6. The van der Waals surface area contributed by atoms with Crippen LogP contribution in [-0.2, 0) is 17.5 Å². The normalized spacial score (nSPS) is 16.3. The highest BCUT2D eigenvalue weighted by molar-refractivity contribution is 5.72. The molecule has 0 radical (unpaired) electrons. The van der Waals surface area contributed by atoms with Crippen molar-refractivity contribution < 1.29 is 22.5 Å². The first-order valence-electron chi connectivity index (χ1n) is 9.28. The molecule has 0 aliphatic carbocycles. The highest BCUT2D eigenvalue weighted by Crippen LogP contribution is 2.30. The Kier molecular flexibility index (Phi) is 6.33. The van der Waals surface area contributed by atoms with Gasteiger partial charge in [0.15, 0.2) is 0 Å². The molecule has 152 valence electrons. The zero-order valence-electron chi connectivity index (χ0n) is 15.6. The van der Waals surface area contributed by atoms with Crippen molar-refractivity contribution in [3.05, 3.63) is 35.7 Å². The summed E-state index contributed by atoms with van der Waals surface area (Å²) in [5, 5.41) is 6.71. The van der Waals surface area contributed by atoms with Crippen LogP contribution in [0.2, 0.25) is 0 Å². The number of likely N-dealkylation sites (tertiary alicyclic amines) is 1. The molecule has 1 aromatic heterocycles. The summed E-state index contributed by atoms with van der Waals surface area (Å²) < 4.78 is 43.2. The topological polar surface area (TPSA) is 71.3 Å². The van der Waals surface area contributed by atoms with Gasteiger partial charge in [-0.2, -0.15) is 18.2 Å². The summed E-state index contributed by atoms with van der Waals surface area (Å²) in [6.07, 6.45) is -1.31. The van der Waals surface area contributed by atoms with Crippen LogP contribution >= 0.6 is 0 Å². The molecule has 1 aliphatic rings. The fourth-order valence-corrected chi connectivity index (χ4v) is 3.32. The Bertz CT molecular complexity index is 781. The lowest BCUT2D eigenvalue weighted by molar-refractivity contribution is -0.137. The van der Waals surface area contributed by atoms with Crippen LogP contribution in [0, 0.1) is 5.92 Å². The third-order valence-electron chi connectivity index (χ3n) is 4.93. The SMILES string of the molecule is CC(=O)NCCC1CCN(Cc2nc(-c3ccc(C(F)(F)F)cc3)no2)CC1. The molecule has 1 amide bonds. The molecule has 0 atom stereocenters. The van der Waals surface area contributed by atoms with Crippen LogP contribution < -0.4 is 5.32 Å². The van der Waals surface area contributed by atoms with Gasteiger partial charge in [-0.15, -0.1) is 0 Å². The fraction of sp³-hybridized carbons (Fsp3) is 0.526. The zero-order chi connectivity index (χ0) is 20.1. The number of nitrogens with one attached hydrogen (secondary N) is 1. The van der Waals surface area contributed by atoms with Gasteiger partial charge < -0.3 is 9.84 Å². The predicted molar refractivity (Wildman–Crippen MR) is 96.0 cm³/mol. The van der Waals surface area contributed by atoms with Gasteiger partial charge in [-0.3, -0.25) is 9.69 Å². The van der Waals surface area contributed by atoms with Crippen molar-refractivity contribution in [2.24, 2.45) is 5.92 Å². The molecule has 0 spiro atoms. The predicted octanol–water partition coefficient (Wildman–Crippen LogP) is 3.49. The van der Waals surface area contributed by atoms with Gasteiger partial charge in [0.2, 0.25) is 17.6 Å². The number of alkyl halides is 3. The minimum absolute atomic E-state index is 0.00215. The lowest BCUT2D eigenvalue weighted by Gasteiger charge is -2.30. The van der Waals surface area contributed by atoms with E-state index < -0.39 is 11.7 Å². The summed E-state index contributed by atoms with van der Waals surface area (Å²) in [4.78, 5) is 17.4. The first-order valence-corrected chi connectivity index (χ1v) is 9.28. The van der Waals surface area contributed by atoms with Crippen LogP contribution in [0.1, 0.15) is 37.6 Å². The number of piperidine rings is 1. The van der Waals surface area contributed by atoms with Gasteiger partial charge in [-0.25, -0.2) is 0 Å². The number of amides is 1. The van der Waals surface area contributed by atoms with E-state index in [4.69, 9.17) is 4.52 Å². The van der Waals surface area contributed by atoms with E-state index in [1.165, 1.54) is 19.1 Å². The molecule has 1 aromatic carbocycles. The molecule has 0 saturated carbocycles. The molecule has 2 heterocycles. The van der Waals surface area contributed by atoms with Gasteiger partial charge in [0.25, 0.3) is 0 Å². The number of aromatic nitrogens is 2. The molecule has 1 aliphatic heterocycles. The van der Waals surface area contributed by atoms with Crippen molar-refractivity contribution in [3.63, 3.8) is 0 Å². The summed E-state index contributed by atoms with van der Waals surface area (Å²) >= 11 is 0. The van der Waals surface area contributed by atoms with Crippen molar-refractivity contribution in [1.82, 2.24) is 20.4 Å². The molecule has 0 bridgehead atoms. The molecular weight excluding hydrogens is 373 g/mol. The Morgan fingerprint density at radius 3 is 2.54 bits per heavy atom. The Morgan fingerprint density at radius 2 is 1.93 bits per heavy atom. The number of nitrogens with zero attached hydrogens (tertiary/aromatic N) is 3. The average Bonchev–Trinajstić information content (AvgIpc) is 3.11. The van der Waals surface area contributed by atoms with Crippen molar-refractivity contribution in [2.45, 2.75) is 38.9 Å². The Hall–Kier alpha value is -2.42. The Morgan fingerprint density at radius 1 is 1.25 bits per heavy atom. The highest BCUT2D eigenvalue weighted by atomic mass is 19.4. The van der Waals surface area contributed by atoms with E-state index in [1.54, 1.807) is 0 Å². The molecule has 1 N–H and O–H groups in total. The number of benzene rings is 1. The number of halogens is 3. The van der Waals surface area contributed by atoms with Crippen LogP contribution in [0.3, 0.4) is 0 Å². The summed E-state index contributed by atoms with van der Waals surface area (Å²) in [5.41, 5.74) is -0.221. The monoisotopic (exact) mass is 396 g/mol. The van der Waals surface area contributed by atoms with Crippen LogP contribution in [-0.4, -0.2) is 40.6 Å². The van der Waals surface area contributed by atoms with E-state index >= 15 is 0 Å². The van der Waals surface area contributed by atoms with Crippen molar-refractivity contribution >= 4 is 5.91 Å². The van der Waals surface area contributed by atoms with Gasteiger partial charge in [0.1, 0.15) is 0 Å². The number of carbonyl (C=O) groups excluding carboxylic acids is 1. The maximum atomic E-state index is 12.6. The minimum atomic E-state index is -4.37. The second kappa shape index (κ2) is 8.72. The summed E-state index contributed by atoms with van der Waals surface area (Å²) in [6, 6.07) is 4.71. The van der Waals surface area contributed by atoms with E-state index in [9.17, 15) is 18.0 Å². The van der Waals surface area contributed by atoms with Gasteiger partial charge in [0, 0.05) is 19.0 Å². The average molecular weight is 396 g/mol. The van der Waals surface area contributed by atoms with Gasteiger partial charge in [-0.05, 0) is 50.4 Å². The van der Waals surface area contributed by atoms with E-state index in [-0.39, 0.29) is 11.7 Å². The first kappa shape index (κ1) is 20.3. The lowest BCUT2D eigenvalue weighted by Crippen LogP contribution is -2.34. The number of hydrogen-bond donors (Lipinski definition) is 1. The van der Waals surface area contributed by atoms with Crippen molar-refractivity contribution in [3.8, 4) is 11.4 Å². The number of hydrogen-bond acceptors (Lipinski definition) is 5. The molecule has 1 saturated heterocycles. The minimum Gasteiger partial charge on any atom is -0.356 e. The largest absolute Gasteiger partial charge is 0.416 e. The van der Waals surface area contributed by atoms with Gasteiger partial charge in [-0.1, -0.05) is 17.3 Å². The molecule has 28 heavy (non-hydrogen) atoms. The summed E-state index contributed by atoms with van der Waals surface area (Å²) in [6.45, 7) is 4.56. The van der Waals surface area contributed by atoms with Crippen molar-refractivity contribution in [1.29, 1.82) is 0 Å². The van der Waals surface area contributed by atoms with Crippen LogP contribution in [0.25, 0.3) is 11.4 Å². The van der Waals surface area contributed by atoms with Crippen molar-refractivity contribution in [2.75, 3.05) is 19.6 Å². The van der Waals surface area contributed by atoms with Crippen LogP contribution in [0.4, 0.5) is 13.2 Å². The standard InChI is InChI=1S/C19H23F3N4O2/c1-13(27)23-9-6-14-7-10-26(11-8-14)12-17-24-18(25-28-17)15-2-4-16(5-3-15)19(20,21)22/h2-5,14H,6-12H2,1H3,(H,23,27). The molecule has 3 rings (SSSR count). The van der Waals surface area contributed by atoms with E-state index in [0.717, 1.165) is 44.5 Å². The highest BCUT2D eigenvalue weighted by Gasteiger charge is 2.30. The molecule has 0 unspecified atom stereocenters.